The van der Waals surface area contributed by atoms with Gasteiger partial charge in [-0.05, 0) is 61.1 Å². The second-order valence-corrected chi connectivity index (χ2v) is 8.57. The lowest BCUT2D eigenvalue weighted by molar-refractivity contribution is 0.681. The van der Waals surface area contributed by atoms with Gasteiger partial charge >= 0.3 is 0 Å². The first-order valence-electron chi connectivity index (χ1n) is 11.6. The van der Waals surface area contributed by atoms with E-state index in [0.29, 0.717) is 0 Å². The Bertz CT molecular complexity index is 1490. The smallest absolute Gasteiger partial charge is 0.0967 e. The van der Waals surface area contributed by atoms with Gasteiger partial charge in [0.05, 0.1) is 22.1 Å². The van der Waals surface area contributed by atoms with Gasteiger partial charge in [0.25, 0.3) is 0 Å². The van der Waals surface area contributed by atoms with E-state index in [0.717, 1.165) is 58.5 Å². The van der Waals surface area contributed by atoms with Crippen molar-refractivity contribution in [3.05, 3.63) is 96.6 Å². The number of nitrogens with zero attached hydrogens (tertiary/aromatic N) is 4. The van der Waals surface area contributed by atoms with Gasteiger partial charge in [0, 0.05) is 46.3 Å². The van der Waals surface area contributed by atoms with Crippen molar-refractivity contribution in [3.8, 4) is 0 Å². The van der Waals surface area contributed by atoms with Gasteiger partial charge in [0.1, 0.15) is 0 Å². The first-order valence-corrected chi connectivity index (χ1v) is 11.6. The fourth-order valence-corrected chi connectivity index (χ4v) is 4.87. The Morgan fingerprint density at radius 3 is 1.42 bits per heavy atom. The van der Waals surface area contributed by atoms with E-state index in [1.54, 1.807) is 0 Å². The quantitative estimate of drug-likeness (QED) is 0.215. The van der Waals surface area contributed by atoms with Gasteiger partial charge in [0.2, 0.25) is 0 Å². The number of aromatic nitrogens is 4. The Morgan fingerprint density at radius 2 is 0.909 bits per heavy atom. The molecule has 2 aromatic carbocycles. The normalized spacial score (nSPS) is 11.6. The predicted molar refractivity (Wildman–Crippen MR) is 135 cm³/mol. The van der Waals surface area contributed by atoms with Crippen LogP contribution in [0.25, 0.3) is 43.6 Å². The Balaban J connectivity index is 1.16. The van der Waals surface area contributed by atoms with E-state index in [1.165, 1.54) is 28.3 Å². The van der Waals surface area contributed by atoms with Crippen molar-refractivity contribution in [2.24, 2.45) is 0 Å². The first kappa shape index (κ1) is 19.7. The highest BCUT2D eigenvalue weighted by Crippen LogP contribution is 2.27. The summed E-state index contributed by atoms with van der Waals surface area (Å²) in [4.78, 5) is 18.4. The summed E-state index contributed by atoms with van der Waals surface area (Å²) in [6.07, 6.45) is 13.2. The van der Waals surface area contributed by atoms with Crippen LogP contribution in [0.15, 0.2) is 85.5 Å². The Kier molecular flexibility index (Phi) is 5.11. The molecule has 4 heterocycles. The maximum Gasteiger partial charge on any atom is 0.0967 e. The zero-order valence-corrected chi connectivity index (χ0v) is 18.4. The second kappa shape index (κ2) is 8.55. The van der Waals surface area contributed by atoms with E-state index in [2.05, 4.69) is 68.5 Å². The van der Waals surface area contributed by atoms with Crippen molar-refractivity contribution in [1.29, 1.82) is 0 Å². The molecule has 0 saturated heterocycles. The van der Waals surface area contributed by atoms with Gasteiger partial charge in [-0.3, -0.25) is 19.9 Å². The third kappa shape index (κ3) is 3.68. The zero-order valence-electron chi connectivity index (χ0n) is 18.4. The minimum Gasteiger partial charge on any atom is -0.254 e. The molecule has 0 radical (unpaired) electrons. The van der Waals surface area contributed by atoms with E-state index < -0.39 is 0 Å². The summed E-state index contributed by atoms with van der Waals surface area (Å²) < 4.78 is 0. The fourth-order valence-electron chi connectivity index (χ4n) is 4.87. The van der Waals surface area contributed by atoms with Gasteiger partial charge in [-0.2, -0.15) is 0 Å². The number of pyridine rings is 4. The number of hydrogen-bond acceptors (Lipinski definition) is 4. The van der Waals surface area contributed by atoms with Gasteiger partial charge < -0.3 is 0 Å². The summed E-state index contributed by atoms with van der Waals surface area (Å²) in [5.41, 5.74) is 6.72. The molecule has 33 heavy (non-hydrogen) atoms. The molecule has 6 aromatic rings. The van der Waals surface area contributed by atoms with Crippen LogP contribution in [0.1, 0.15) is 30.4 Å². The molecule has 160 valence electrons. The maximum absolute atomic E-state index is 4.63. The molecule has 0 bridgehead atoms. The summed E-state index contributed by atoms with van der Waals surface area (Å²) in [7, 11) is 0. The lowest BCUT2D eigenvalue weighted by Gasteiger charge is -2.09. The van der Waals surface area contributed by atoms with E-state index in [-0.39, 0.29) is 0 Å². The molecule has 6 rings (SSSR count). The van der Waals surface area contributed by atoms with Crippen LogP contribution in [-0.4, -0.2) is 19.9 Å². The predicted octanol–water partition coefficient (Wildman–Crippen LogP) is 6.83. The molecular weight excluding hydrogens is 404 g/mol. The fraction of sp³-hybridized carbons (Fsp3) is 0.172. The maximum atomic E-state index is 4.63. The molecule has 4 nitrogen and oxygen atoms in total. The van der Waals surface area contributed by atoms with Crippen LogP contribution in [0, 0.1) is 0 Å². The standard InChI is InChI=1S/C29H24N4/c1(2-6-20-14-18-32-28-24(20)12-10-22-8-4-16-30-26(22)28)3-7-21-15-19-33-29-25(21)13-11-23-9-5-17-31-27(23)29/h4-5,8-19H,1-3,6-7H2. The summed E-state index contributed by atoms with van der Waals surface area (Å²) >= 11 is 0. The molecule has 0 aliphatic heterocycles. The average Bonchev–Trinajstić information content (AvgIpc) is 2.88. The van der Waals surface area contributed by atoms with Crippen LogP contribution in [-0.2, 0) is 12.8 Å². The highest BCUT2D eigenvalue weighted by molar-refractivity contribution is 6.04. The van der Waals surface area contributed by atoms with Gasteiger partial charge in [-0.15, -0.1) is 0 Å². The Morgan fingerprint density at radius 1 is 0.424 bits per heavy atom. The van der Waals surface area contributed by atoms with E-state index in [9.17, 15) is 0 Å². The van der Waals surface area contributed by atoms with Crippen LogP contribution in [0.5, 0.6) is 0 Å². The average molecular weight is 429 g/mol. The summed E-state index contributed by atoms with van der Waals surface area (Å²) in [5, 5.41) is 4.73. The SMILES string of the molecule is c1cnc2c(c1)ccc1c(CCCCCc3ccnc4c3ccc3cccnc34)ccnc12. The van der Waals surface area contributed by atoms with Crippen LogP contribution in [0.2, 0.25) is 0 Å². The van der Waals surface area contributed by atoms with Crippen molar-refractivity contribution in [3.63, 3.8) is 0 Å². The second-order valence-electron chi connectivity index (χ2n) is 8.57. The highest BCUT2D eigenvalue weighted by Gasteiger charge is 2.08. The van der Waals surface area contributed by atoms with E-state index in [4.69, 9.17) is 0 Å². The lowest BCUT2D eigenvalue weighted by Crippen LogP contribution is -1.94. The van der Waals surface area contributed by atoms with Gasteiger partial charge in [-0.1, -0.05) is 42.8 Å². The third-order valence-electron chi connectivity index (χ3n) is 6.54. The van der Waals surface area contributed by atoms with Crippen molar-refractivity contribution >= 4 is 43.6 Å². The molecule has 0 unspecified atom stereocenters. The molecule has 4 heteroatoms. The van der Waals surface area contributed by atoms with Crippen molar-refractivity contribution in [2.75, 3.05) is 0 Å². The monoisotopic (exact) mass is 428 g/mol. The van der Waals surface area contributed by atoms with Gasteiger partial charge in [0.15, 0.2) is 0 Å². The molecule has 0 aliphatic rings. The van der Waals surface area contributed by atoms with Crippen LogP contribution in [0.3, 0.4) is 0 Å². The Labute approximate surface area is 192 Å². The molecule has 0 aliphatic carbocycles. The Hall–Kier alpha value is -3.92. The first-order chi connectivity index (χ1) is 16.4. The minimum absolute atomic E-state index is 0.989. The lowest BCUT2D eigenvalue weighted by atomic mass is 9.98. The van der Waals surface area contributed by atoms with Crippen LogP contribution in [0.4, 0.5) is 0 Å². The summed E-state index contributed by atoms with van der Waals surface area (Å²) in [5.74, 6) is 0. The minimum atomic E-state index is 0.989. The van der Waals surface area contributed by atoms with Gasteiger partial charge in [-0.25, -0.2) is 0 Å². The highest BCUT2D eigenvalue weighted by atomic mass is 14.7. The van der Waals surface area contributed by atoms with Crippen LogP contribution >= 0.6 is 0 Å². The van der Waals surface area contributed by atoms with E-state index >= 15 is 0 Å². The zero-order chi connectivity index (χ0) is 22.0. The molecule has 0 saturated carbocycles. The molecular formula is C29H24N4. The topological polar surface area (TPSA) is 51.6 Å². The molecule has 0 amide bonds. The van der Waals surface area contributed by atoms with Crippen molar-refractivity contribution < 1.29 is 0 Å². The number of fused-ring (bicyclic) bond motifs is 6. The number of aryl methyl sites for hydroxylation is 2. The van der Waals surface area contributed by atoms with Crippen molar-refractivity contribution in [1.82, 2.24) is 19.9 Å². The molecule has 0 spiro atoms. The molecule has 0 N–H and O–H groups in total. The summed E-state index contributed by atoms with van der Waals surface area (Å²) in [6.45, 7) is 0. The molecule has 4 aromatic heterocycles. The third-order valence-corrected chi connectivity index (χ3v) is 6.54. The van der Waals surface area contributed by atoms with Crippen LogP contribution < -0.4 is 0 Å². The number of unbranched alkanes of at least 4 members (excludes halogenated alkanes) is 2. The number of benzene rings is 2. The van der Waals surface area contributed by atoms with E-state index in [1.807, 2.05) is 36.9 Å². The molecule has 0 atom stereocenters. The number of rotatable bonds is 6. The summed E-state index contributed by atoms with van der Waals surface area (Å²) in [6, 6.07) is 21.2. The number of hydrogen-bond donors (Lipinski definition) is 0. The largest absolute Gasteiger partial charge is 0.254 e. The van der Waals surface area contributed by atoms with Crippen molar-refractivity contribution in [2.45, 2.75) is 32.1 Å². The molecule has 0 fully saturated rings.